The Hall–Kier alpha value is -2.27. The zero-order valence-electron chi connectivity index (χ0n) is 11.9. The second-order valence-corrected chi connectivity index (χ2v) is 6.31. The van der Waals surface area contributed by atoms with Gasteiger partial charge in [0.05, 0.1) is 5.69 Å². The molecule has 0 fully saturated rings. The van der Waals surface area contributed by atoms with E-state index < -0.39 is 10.7 Å². The first-order valence-corrected chi connectivity index (χ1v) is 8.15. The maximum Gasteiger partial charge on any atom is 0.248 e. The van der Waals surface area contributed by atoms with Gasteiger partial charge in [0.15, 0.2) is 0 Å². The van der Waals surface area contributed by atoms with Crippen molar-refractivity contribution in [1.29, 1.82) is 0 Å². The summed E-state index contributed by atoms with van der Waals surface area (Å²) < 4.78 is 6.05. The summed E-state index contributed by atoms with van der Waals surface area (Å²) in [5.41, 5.74) is 2.92. The Labute approximate surface area is 125 Å². The monoisotopic (exact) mass is 297 g/mol. The molecule has 1 amide bonds. The van der Waals surface area contributed by atoms with Gasteiger partial charge in [0, 0.05) is 29.8 Å². The van der Waals surface area contributed by atoms with Crippen LogP contribution in [0.3, 0.4) is 0 Å². The molecule has 2 heterocycles. The highest BCUT2D eigenvalue weighted by atomic mass is 32.2. The van der Waals surface area contributed by atoms with Crippen LogP contribution in [-0.4, -0.2) is 21.5 Å². The molecule has 0 aliphatic heterocycles. The molecule has 3 aromatic rings. The first-order valence-electron chi connectivity index (χ1n) is 6.56. The summed E-state index contributed by atoms with van der Waals surface area (Å²) in [6.45, 7) is 1.48. The average Bonchev–Trinajstić information content (AvgIpc) is 2.90. The molecule has 1 unspecified atom stereocenters. The van der Waals surface area contributed by atoms with Gasteiger partial charge in [-0.1, -0.05) is 28.9 Å². The molecule has 5 heteroatoms. The van der Waals surface area contributed by atoms with E-state index in [0.29, 0.717) is 0 Å². The molecule has 106 valence electrons. The summed E-state index contributed by atoms with van der Waals surface area (Å²) in [6, 6.07) is 14.0. The van der Waals surface area contributed by atoms with E-state index in [1.807, 2.05) is 65.5 Å². The van der Waals surface area contributed by atoms with Crippen LogP contribution in [0.5, 0.6) is 0 Å². The molecule has 0 aliphatic rings. The molecule has 2 aromatic heterocycles. The van der Waals surface area contributed by atoms with E-state index in [0.717, 1.165) is 21.8 Å². The Kier molecular flexibility index (Phi) is 3.66. The molecule has 3 rings (SSSR count). The van der Waals surface area contributed by atoms with Gasteiger partial charge in [-0.05, 0) is 30.5 Å². The van der Waals surface area contributed by atoms with Crippen LogP contribution in [0.2, 0.25) is 0 Å². The summed E-state index contributed by atoms with van der Waals surface area (Å²) in [4.78, 5) is 16.7. The molecule has 1 atom stereocenters. The number of hydrogen-bond acceptors (Lipinski definition) is 2. The third-order valence-corrected chi connectivity index (χ3v) is 4.61. The molecule has 0 radical (unpaired) electrons. The molecule has 0 spiro atoms. The fourth-order valence-corrected chi connectivity index (χ4v) is 3.16. The normalized spacial score (nSPS) is 12.7. The Morgan fingerprint density at radius 2 is 1.95 bits per heavy atom. The molecular formula is C16H15N3OS. The fourth-order valence-electron chi connectivity index (χ4n) is 2.14. The summed E-state index contributed by atoms with van der Waals surface area (Å²) in [6.07, 6.45) is 5.94. The number of aromatic nitrogens is 2. The van der Waals surface area contributed by atoms with Crippen molar-refractivity contribution in [2.24, 2.45) is 4.36 Å². The molecular weight excluding hydrogens is 282 g/mol. The molecule has 4 nitrogen and oxygen atoms in total. The van der Waals surface area contributed by atoms with Gasteiger partial charge in [-0.15, -0.1) is 0 Å². The predicted molar refractivity (Wildman–Crippen MR) is 85.3 cm³/mol. The molecule has 0 N–H and O–H groups in total. The predicted octanol–water partition coefficient (Wildman–Crippen LogP) is 3.34. The van der Waals surface area contributed by atoms with E-state index in [4.69, 9.17) is 0 Å². The molecule has 0 aliphatic carbocycles. The van der Waals surface area contributed by atoms with Gasteiger partial charge >= 0.3 is 0 Å². The van der Waals surface area contributed by atoms with Gasteiger partial charge in [-0.25, -0.2) is 4.98 Å². The number of fused-ring (bicyclic) bond motifs is 1. The second-order valence-electron chi connectivity index (χ2n) is 4.70. The summed E-state index contributed by atoms with van der Waals surface area (Å²) in [7, 11) is -0.393. The molecule has 0 bridgehead atoms. The van der Waals surface area contributed by atoms with Crippen molar-refractivity contribution in [2.45, 2.75) is 11.8 Å². The number of hydrogen-bond donors (Lipinski definition) is 0. The van der Waals surface area contributed by atoms with E-state index in [-0.39, 0.29) is 5.91 Å². The lowest BCUT2D eigenvalue weighted by Gasteiger charge is -2.02. The molecule has 1 aromatic carbocycles. The van der Waals surface area contributed by atoms with Crippen molar-refractivity contribution >= 4 is 22.2 Å². The first-order chi connectivity index (χ1) is 10.1. The van der Waals surface area contributed by atoms with Gasteiger partial charge in [0.25, 0.3) is 0 Å². The second kappa shape index (κ2) is 5.61. The number of carbonyl (C=O) groups is 1. The third kappa shape index (κ3) is 2.92. The third-order valence-electron chi connectivity index (χ3n) is 3.12. The molecule has 0 saturated heterocycles. The standard InChI is InChI=1S/C16H15N3OS/c1-12(20)18-21(2)14-8-6-13(7-9-14)15-11-19-10-4-3-5-16(19)17-15/h3-11H,1-2H3. The summed E-state index contributed by atoms with van der Waals surface area (Å²) in [5, 5.41) is 0. The minimum Gasteiger partial charge on any atom is -0.306 e. The molecule has 21 heavy (non-hydrogen) atoms. The minimum absolute atomic E-state index is 0.134. The Morgan fingerprint density at radius 3 is 2.62 bits per heavy atom. The summed E-state index contributed by atoms with van der Waals surface area (Å²) >= 11 is 0. The van der Waals surface area contributed by atoms with Gasteiger partial charge < -0.3 is 4.40 Å². The van der Waals surface area contributed by atoms with Crippen LogP contribution in [0.15, 0.2) is 64.1 Å². The van der Waals surface area contributed by atoms with Crippen LogP contribution < -0.4 is 0 Å². The lowest BCUT2D eigenvalue weighted by atomic mass is 10.2. The number of benzene rings is 1. The van der Waals surface area contributed by atoms with E-state index in [1.54, 1.807) is 0 Å². The Bertz CT molecular complexity index is 801. The number of rotatable bonds is 2. The first kappa shape index (κ1) is 13.7. The van der Waals surface area contributed by atoms with Crippen molar-refractivity contribution in [3.63, 3.8) is 0 Å². The Balaban J connectivity index is 1.95. The van der Waals surface area contributed by atoms with Crippen LogP contribution in [0, 0.1) is 0 Å². The number of amides is 1. The van der Waals surface area contributed by atoms with Gasteiger partial charge in [-0.3, -0.25) is 4.79 Å². The number of imidazole rings is 1. The highest BCUT2D eigenvalue weighted by Gasteiger charge is 2.04. The lowest BCUT2D eigenvalue weighted by molar-refractivity contribution is -0.115. The van der Waals surface area contributed by atoms with Crippen LogP contribution in [-0.2, 0) is 15.5 Å². The Morgan fingerprint density at radius 1 is 1.19 bits per heavy atom. The maximum absolute atomic E-state index is 11.0. The van der Waals surface area contributed by atoms with Crippen LogP contribution in [0.25, 0.3) is 16.9 Å². The van der Waals surface area contributed by atoms with E-state index in [9.17, 15) is 4.79 Å². The van der Waals surface area contributed by atoms with Crippen LogP contribution >= 0.6 is 0 Å². The topological polar surface area (TPSA) is 46.7 Å². The minimum atomic E-state index is -0.393. The van der Waals surface area contributed by atoms with Crippen molar-refractivity contribution in [1.82, 2.24) is 9.38 Å². The largest absolute Gasteiger partial charge is 0.306 e. The van der Waals surface area contributed by atoms with Crippen LogP contribution in [0.1, 0.15) is 6.92 Å². The van der Waals surface area contributed by atoms with Crippen molar-refractivity contribution in [3.8, 4) is 11.3 Å². The SMILES string of the molecule is CC(=O)N=S(C)c1ccc(-c2cn3ccccc3n2)cc1. The van der Waals surface area contributed by atoms with Crippen molar-refractivity contribution in [3.05, 3.63) is 54.9 Å². The van der Waals surface area contributed by atoms with E-state index in [1.165, 1.54) is 6.92 Å². The number of pyridine rings is 1. The van der Waals surface area contributed by atoms with Crippen molar-refractivity contribution < 1.29 is 4.79 Å². The highest BCUT2D eigenvalue weighted by Crippen LogP contribution is 2.20. The van der Waals surface area contributed by atoms with Crippen molar-refractivity contribution in [2.75, 3.05) is 6.26 Å². The van der Waals surface area contributed by atoms with Gasteiger partial charge in [0.1, 0.15) is 5.65 Å². The lowest BCUT2D eigenvalue weighted by Crippen LogP contribution is -1.92. The van der Waals surface area contributed by atoms with Crippen LogP contribution in [0.4, 0.5) is 0 Å². The maximum atomic E-state index is 11.0. The average molecular weight is 297 g/mol. The van der Waals surface area contributed by atoms with E-state index in [2.05, 4.69) is 9.35 Å². The number of carbonyl (C=O) groups excluding carboxylic acids is 1. The molecule has 0 saturated carbocycles. The smallest absolute Gasteiger partial charge is 0.248 e. The van der Waals surface area contributed by atoms with E-state index >= 15 is 0 Å². The highest BCUT2D eigenvalue weighted by molar-refractivity contribution is 7.86. The number of nitrogens with zero attached hydrogens (tertiary/aromatic N) is 3. The summed E-state index contributed by atoms with van der Waals surface area (Å²) in [5.74, 6) is -0.134. The zero-order chi connectivity index (χ0) is 14.8. The van der Waals surface area contributed by atoms with Gasteiger partial charge in [-0.2, -0.15) is 4.36 Å². The quantitative estimate of drug-likeness (QED) is 0.728. The zero-order valence-corrected chi connectivity index (χ0v) is 12.7. The fraction of sp³-hybridized carbons (Fsp3) is 0.125. The van der Waals surface area contributed by atoms with Gasteiger partial charge in [0.2, 0.25) is 5.91 Å².